The molecule has 0 unspecified atom stereocenters. The number of hydrogen-bond donors (Lipinski definition) is 0. The Morgan fingerprint density at radius 1 is 1.05 bits per heavy atom. The van der Waals surface area contributed by atoms with Gasteiger partial charge in [-0.3, -0.25) is 14.3 Å². The number of pyridine rings is 1. The summed E-state index contributed by atoms with van der Waals surface area (Å²) in [5, 5.41) is 0. The molecular formula is C29H25N3O5S. The second kappa shape index (κ2) is 10.9. The number of methoxy groups -OCH3 is 2. The summed E-state index contributed by atoms with van der Waals surface area (Å²) in [5.74, 6) is 0.463. The van der Waals surface area contributed by atoms with Crippen LogP contribution >= 0.6 is 11.3 Å². The van der Waals surface area contributed by atoms with E-state index in [2.05, 4.69) is 4.98 Å². The number of aromatic nitrogens is 2. The van der Waals surface area contributed by atoms with Gasteiger partial charge in [-0.2, -0.15) is 0 Å². The maximum absolute atomic E-state index is 13.9. The highest BCUT2D eigenvalue weighted by Gasteiger charge is 2.35. The Bertz CT molecular complexity index is 1690. The molecule has 1 aliphatic heterocycles. The topological polar surface area (TPSA) is 92.0 Å². The molecule has 0 radical (unpaired) electrons. The Morgan fingerprint density at radius 3 is 2.53 bits per heavy atom. The van der Waals surface area contributed by atoms with E-state index in [0.29, 0.717) is 32.1 Å². The predicted octanol–water partition coefficient (Wildman–Crippen LogP) is 3.35. The average molecular weight is 528 g/mol. The zero-order valence-electron chi connectivity index (χ0n) is 21.1. The first-order chi connectivity index (χ1) is 18.5. The van der Waals surface area contributed by atoms with Crippen molar-refractivity contribution in [2.24, 2.45) is 4.99 Å². The van der Waals surface area contributed by atoms with Crippen LogP contribution < -0.4 is 24.4 Å². The van der Waals surface area contributed by atoms with E-state index >= 15 is 0 Å². The third-order valence-corrected chi connectivity index (χ3v) is 7.06. The number of rotatable bonds is 7. The number of esters is 1. The first kappa shape index (κ1) is 25.2. The third-order valence-electron chi connectivity index (χ3n) is 6.08. The Morgan fingerprint density at radius 2 is 1.84 bits per heavy atom. The minimum atomic E-state index is -0.809. The smallest absolute Gasteiger partial charge is 0.338 e. The maximum atomic E-state index is 13.9. The van der Waals surface area contributed by atoms with Crippen LogP contribution in [-0.4, -0.2) is 36.3 Å². The van der Waals surface area contributed by atoms with E-state index in [1.54, 1.807) is 56.3 Å². The summed E-state index contributed by atoms with van der Waals surface area (Å²) in [7, 11) is 3.09. The highest BCUT2D eigenvalue weighted by molar-refractivity contribution is 7.07. The van der Waals surface area contributed by atoms with E-state index in [1.807, 2.05) is 48.5 Å². The normalized spacial score (nSPS) is 15.0. The minimum absolute atomic E-state index is 0.175. The quantitative estimate of drug-likeness (QED) is 0.343. The van der Waals surface area contributed by atoms with Gasteiger partial charge in [0.1, 0.15) is 0 Å². The van der Waals surface area contributed by atoms with Gasteiger partial charge in [-0.25, -0.2) is 9.79 Å². The zero-order chi connectivity index (χ0) is 26.6. The van der Waals surface area contributed by atoms with E-state index in [4.69, 9.17) is 19.2 Å². The van der Waals surface area contributed by atoms with Gasteiger partial charge in [-0.1, -0.05) is 53.8 Å². The Balaban J connectivity index is 1.85. The van der Waals surface area contributed by atoms with Crippen molar-refractivity contribution in [3.8, 4) is 11.5 Å². The molecule has 2 aromatic heterocycles. The van der Waals surface area contributed by atoms with Crippen molar-refractivity contribution in [3.05, 3.63) is 115 Å². The molecule has 0 fully saturated rings. The summed E-state index contributed by atoms with van der Waals surface area (Å²) >= 11 is 1.26. The number of thiazole rings is 1. The fraction of sp³-hybridized carbons (Fsp3) is 0.172. The SMILES string of the molecule is CCOC(=O)C1=C(c2ccccc2)N=c2sc(=Cc3cccnc3)c(=O)n2[C@H]1c1ccc(OC)c(OC)c1. The number of carbonyl (C=O) groups excluding carboxylic acids is 1. The molecule has 38 heavy (non-hydrogen) atoms. The van der Waals surface area contributed by atoms with Gasteiger partial charge >= 0.3 is 5.97 Å². The molecule has 0 spiro atoms. The van der Waals surface area contributed by atoms with E-state index < -0.39 is 12.0 Å². The van der Waals surface area contributed by atoms with Crippen LogP contribution in [0.15, 0.2) is 88.4 Å². The first-order valence-electron chi connectivity index (χ1n) is 12.0. The van der Waals surface area contributed by atoms with Gasteiger partial charge in [0, 0.05) is 18.0 Å². The molecule has 0 aliphatic carbocycles. The minimum Gasteiger partial charge on any atom is -0.493 e. The van der Waals surface area contributed by atoms with Crippen LogP contribution in [0.4, 0.5) is 0 Å². The average Bonchev–Trinajstić information content (AvgIpc) is 3.27. The highest BCUT2D eigenvalue weighted by atomic mass is 32.1. The summed E-state index contributed by atoms with van der Waals surface area (Å²) in [6.07, 6.45) is 5.13. The van der Waals surface area contributed by atoms with Gasteiger partial charge < -0.3 is 14.2 Å². The molecule has 0 amide bonds. The van der Waals surface area contributed by atoms with Crippen LogP contribution in [0.2, 0.25) is 0 Å². The molecule has 8 nitrogen and oxygen atoms in total. The lowest BCUT2D eigenvalue weighted by atomic mass is 9.93. The number of fused-ring (bicyclic) bond motifs is 1. The Hall–Kier alpha value is -4.50. The van der Waals surface area contributed by atoms with Crippen molar-refractivity contribution in [1.82, 2.24) is 9.55 Å². The molecule has 0 bridgehead atoms. The van der Waals surface area contributed by atoms with Crippen LogP contribution in [-0.2, 0) is 9.53 Å². The number of ether oxygens (including phenoxy) is 3. The fourth-order valence-corrected chi connectivity index (χ4v) is 5.39. The van der Waals surface area contributed by atoms with Crippen molar-refractivity contribution in [1.29, 1.82) is 0 Å². The van der Waals surface area contributed by atoms with Gasteiger partial charge in [0.2, 0.25) is 0 Å². The van der Waals surface area contributed by atoms with Crippen LogP contribution in [0.25, 0.3) is 11.8 Å². The van der Waals surface area contributed by atoms with Crippen LogP contribution in [0.3, 0.4) is 0 Å². The summed E-state index contributed by atoms with van der Waals surface area (Å²) in [4.78, 5) is 36.9. The van der Waals surface area contributed by atoms with Crippen LogP contribution in [0.1, 0.15) is 29.7 Å². The predicted molar refractivity (Wildman–Crippen MR) is 145 cm³/mol. The summed E-state index contributed by atoms with van der Waals surface area (Å²) in [5.41, 5.74) is 2.64. The lowest BCUT2D eigenvalue weighted by molar-refractivity contribution is -0.138. The van der Waals surface area contributed by atoms with Crippen molar-refractivity contribution in [3.63, 3.8) is 0 Å². The van der Waals surface area contributed by atoms with Crippen molar-refractivity contribution >= 4 is 29.1 Å². The molecule has 5 rings (SSSR count). The molecular weight excluding hydrogens is 502 g/mol. The highest BCUT2D eigenvalue weighted by Crippen LogP contribution is 2.38. The van der Waals surface area contributed by atoms with Gasteiger partial charge in [0.15, 0.2) is 16.3 Å². The van der Waals surface area contributed by atoms with E-state index in [-0.39, 0.29) is 17.7 Å². The molecule has 1 aliphatic rings. The molecule has 0 saturated carbocycles. The molecule has 192 valence electrons. The standard InChI is InChI=1S/C29H25N3O5S/c1-4-37-28(34)24-25(19-10-6-5-7-11-19)31-29-32(26(24)20-12-13-21(35-2)22(16-20)36-3)27(33)23(38-29)15-18-9-8-14-30-17-18/h5-17,26H,4H2,1-3H3/t26-/m0/s1. The first-order valence-corrected chi connectivity index (χ1v) is 12.8. The second-order valence-corrected chi connectivity index (χ2v) is 9.34. The van der Waals surface area contributed by atoms with E-state index in [0.717, 1.165) is 11.1 Å². The van der Waals surface area contributed by atoms with Crippen molar-refractivity contribution in [2.45, 2.75) is 13.0 Å². The van der Waals surface area contributed by atoms with E-state index in [9.17, 15) is 9.59 Å². The lowest BCUT2D eigenvalue weighted by Gasteiger charge is -2.26. The number of nitrogens with zero attached hydrogens (tertiary/aromatic N) is 3. The zero-order valence-corrected chi connectivity index (χ0v) is 21.9. The molecule has 4 aromatic rings. The maximum Gasteiger partial charge on any atom is 0.338 e. The van der Waals surface area contributed by atoms with Crippen LogP contribution in [0.5, 0.6) is 11.5 Å². The molecule has 0 N–H and O–H groups in total. The third kappa shape index (κ3) is 4.64. The molecule has 1 atom stereocenters. The number of benzene rings is 2. The second-order valence-electron chi connectivity index (χ2n) is 8.33. The lowest BCUT2D eigenvalue weighted by Crippen LogP contribution is -2.40. The summed E-state index contributed by atoms with van der Waals surface area (Å²) < 4.78 is 18.5. The van der Waals surface area contributed by atoms with Crippen molar-refractivity contribution < 1.29 is 19.0 Å². The van der Waals surface area contributed by atoms with Gasteiger partial charge in [0.05, 0.1) is 42.7 Å². The molecule has 2 aromatic carbocycles. The Kier molecular flexibility index (Phi) is 7.19. The fourth-order valence-electron chi connectivity index (χ4n) is 4.39. The number of carbonyl (C=O) groups is 1. The largest absolute Gasteiger partial charge is 0.493 e. The molecule has 9 heteroatoms. The summed E-state index contributed by atoms with van der Waals surface area (Å²) in [6.45, 7) is 1.92. The van der Waals surface area contributed by atoms with Crippen LogP contribution in [0, 0.1) is 0 Å². The van der Waals surface area contributed by atoms with Gasteiger partial charge in [-0.15, -0.1) is 0 Å². The summed E-state index contributed by atoms with van der Waals surface area (Å²) in [6, 6.07) is 17.6. The van der Waals surface area contributed by atoms with Gasteiger partial charge in [0.25, 0.3) is 5.56 Å². The molecule has 0 saturated heterocycles. The van der Waals surface area contributed by atoms with E-state index in [1.165, 1.54) is 11.3 Å². The van der Waals surface area contributed by atoms with Crippen molar-refractivity contribution in [2.75, 3.05) is 20.8 Å². The Labute approximate surface area is 222 Å². The van der Waals surface area contributed by atoms with Gasteiger partial charge in [-0.05, 0) is 42.3 Å². The monoisotopic (exact) mass is 527 g/mol. The molecule has 3 heterocycles. The number of hydrogen-bond acceptors (Lipinski definition) is 8.